The van der Waals surface area contributed by atoms with Gasteiger partial charge in [-0.2, -0.15) is 0 Å². The second kappa shape index (κ2) is 17.7. The molecule has 0 radical (unpaired) electrons. The minimum absolute atomic E-state index is 0.793. The summed E-state index contributed by atoms with van der Waals surface area (Å²) in [7, 11) is 0. The maximum absolute atomic E-state index is 4.53. The molecule has 0 bridgehead atoms. The van der Waals surface area contributed by atoms with Crippen LogP contribution in [0.1, 0.15) is 33.9 Å². The van der Waals surface area contributed by atoms with Gasteiger partial charge in [-0.05, 0) is 59.7 Å². The Hall–Kier alpha value is -4.34. The third-order valence-electron chi connectivity index (χ3n) is 7.31. The van der Waals surface area contributed by atoms with Gasteiger partial charge in [-0.15, -0.1) is 0 Å². The molecule has 0 aliphatic heterocycles. The van der Waals surface area contributed by atoms with Crippen LogP contribution < -0.4 is 10.6 Å². The quantitative estimate of drug-likeness (QED) is 0.141. The number of nitrogens with zero attached hydrogens (tertiary/aromatic N) is 6. The van der Waals surface area contributed by atoms with Crippen molar-refractivity contribution in [3.63, 3.8) is 0 Å². The lowest BCUT2D eigenvalue weighted by Gasteiger charge is -2.22. The Balaban J connectivity index is 1.06. The lowest BCUT2D eigenvalue weighted by molar-refractivity contribution is 0.250. The predicted octanol–water partition coefficient (Wildman–Crippen LogP) is 4.85. The Bertz CT molecular complexity index is 1280. The van der Waals surface area contributed by atoms with Gasteiger partial charge in [0.1, 0.15) is 0 Å². The van der Waals surface area contributed by atoms with Gasteiger partial charge in [0.25, 0.3) is 0 Å². The first-order chi connectivity index (χ1) is 21.8. The number of hydrogen-bond acceptors (Lipinski definition) is 8. The molecule has 0 amide bonds. The summed E-state index contributed by atoms with van der Waals surface area (Å²) in [5.41, 5.74) is 6.86. The first-order valence-corrected chi connectivity index (χ1v) is 15.3. The van der Waals surface area contributed by atoms with Crippen molar-refractivity contribution in [2.24, 2.45) is 0 Å². The highest BCUT2D eigenvalue weighted by molar-refractivity contribution is 5.23. The van der Waals surface area contributed by atoms with E-state index in [0.717, 1.165) is 88.2 Å². The third-order valence-corrected chi connectivity index (χ3v) is 7.31. The second-order valence-electron chi connectivity index (χ2n) is 10.9. The molecular weight excluding hydrogens is 544 g/mol. The van der Waals surface area contributed by atoms with Crippen molar-refractivity contribution >= 4 is 0 Å². The highest BCUT2D eigenvalue weighted by Crippen LogP contribution is 2.09. The fourth-order valence-corrected chi connectivity index (χ4v) is 5.10. The van der Waals surface area contributed by atoms with Gasteiger partial charge in [0.05, 0.1) is 22.8 Å². The third kappa shape index (κ3) is 11.1. The smallest absolute Gasteiger partial charge is 0.0544 e. The van der Waals surface area contributed by atoms with Crippen LogP contribution in [0, 0.1) is 0 Å². The highest BCUT2D eigenvalue weighted by Gasteiger charge is 2.10. The van der Waals surface area contributed by atoms with Gasteiger partial charge < -0.3 is 10.6 Å². The molecule has 1 aromatic carbocycles. The molecule has 0 fully saturated rings. The SMILES string of the molecule is c1ccc(CN(CCNCc2cccc(CNCCN(Cc3ccccn3)Cc3ccccn3)c2)Cc2ccccn2)nc1. The molecule has 8 nitrogen and oxygen atoms in total. The van der Waals surface area contributed by atoms with E-state index in [1.807, 2.05) is 73.3 Å². The molecule has 44 heavy (non-hydrogen) atoms. The lowest BCUT2D eigenvalue weighted by Crippen LogP contribution is -2.32. The van der Waals surface area contributed by atoms with E-state index in [0.29, 0.717) is 0 Å². The molecule has 0 atom stereocenters. The van der Waals surface area contributed by atoms with E-state index in [1.54, 1.807) is 0 Å². The molecule has 2 N–H and O–H groups in total. The Morgan fingerprint density at radius 1 is 0.432 bits per heavy atom. The zero-order valence-electron chi connectivity index (χ0n) is 25.3. The van der Waals surface area contributed by atoms with Crippen molar-refractivity contribution < 1.29 is 0 Å². The van der Waals surface area contributed by atoms with Gasteiger partial charge in [0.15, 0.2) is 0 Å². The highest BCUT2D eigenvalue weighted by atomic mass is 15.2. The van der Waals surface area contributed by atoms with Gasteiger partial charge >= 0.3 is 0 Å². The van der Waals surface area contributed by atoms with E-state index in [4.69, 9.17) is 0 Å². The minimum Gasteiger partial charge on any atom is -0.311 e. The Morgan fingerprint density at radius 2 is 0.795 bits per heavy atom. The summed E-state index contributed by atoms with van der Waals surface area (Å²) < 4.78 is 0. The molecule has 0 spiro atoms. The fourth-order valence-electron chi connectivity index (χ4n) is 5.10. The van der Waals surface area contributed by atoms with Crippen molar-refractivity contribution in [1.29, 1.82) is 0 Å². The topological polar surface area (TPSA) is 82.1 Å². The van der Waals surface area contributed by atoms with Crippen LogP contribution in [0.2, 0.25) is 0 Å². The monoisotopic (exact) mass is 586 g/mol. The molecule has 0 aliphatic carbocycles. The second-order valence-corrected chi connectivity index (χ2v) is 10.9. The maximum Gasteiger partial charge on any atom is 0.0544 e. The van der Waals surface area contributed by atoms with Gasteiger partial charge in [-0.25, -0.2) is 0 Å². The minimum atomic E-state index is 0.793. The molecule has 4 heterocycles. The first-order valence-electron chi connectivity index (χ1n) is 15.3. The van der Waals surface area contributed by atoms with Crippen molar-refractivity contribution in [3.8, 4) is 0 Å². The maximum atomic E-state index is 4.53. The summed E-state index contributed by atoms with van der Waals surface area (Å²) in [5, 5.41) is 7.28. The number of hydrogen-bond donors (Lipinski definition) is 2. The predicted molar refractivity (Wildman–Crippen MR) is 175 cm³/mol. The Kier molecular flexibility index (Phi) is 12.5. The van der Waals surface area contributed by atoms with Crippen molar-refractivity contribution in [1.82, 2.24) is 40.4 Å². The molecule has 0 aliphatic rings. The van der Waals surface area contributed by atoms with Gasteiger partial charge in [-0.3, -0.25) is 29.7 Å². The first kappa shape index (κ1) is 31.1. The Labute approximate surface area is 261 Å². The van der Waals surface area contributed by atoms with Crippen LogP contribution in [0.25, 0.3) is 0 Å². The number of benzene rings is 1. The van der Waals surface area contributed by atoms with Crippen LogP contribution in [0.5, 0.6) is 0 Å². The molecule has 0 saturated heterocycles. The van der Waals surface area contributed by atoms with Crippen LogP contribution in [-0.4, -0.2) is 55.9 Å². The van der Waals surface area contributed by atoms with Gasteiger partial charge in [-0.1, -0.05) is 48.5 Å². The van der Waals surface area contributed by atoms with Crippen molar-refractivity contribution in [3.05, 3.63) is 156 Å². The van der Waals surface area contributed by atoms with Gasteiger partial charge in [0, 0.05) is 90.2 Å². The molecule has 226 valence electrons. The summed E-state index contributed by atoms with van der Waals surface area (Å²) >= 11 is 0. The summed E-state index contributed by atoms with van der Waals surface area (Å²) in [6.45, 7) is 8.40. The largest absolute Gasteiger partial charge is 0.311 e. The molecule has 0 saturated carbocycles. The number of aromatic nitrogens is 4. The summed E-state index contributed by atoms with van der Waals surface area (Å²) in [4.78, 5) is 22.9. The van der Waals surface area contributed by atoms with Crippen LogP contribution in [0.3, 0.4) is 0 Å². The average Bonchev–Trinajstić information content (AvgIpc) is 3.07. The van der Waals surface area contributed by atoms with Crippen LogP contribution >= 0.6 is 0 Å². The van der Waals surface area contributed by atoms with E-state index in [2.05, 4.69) is 88.9 Å². The van der Waals surface area contributed by atoms with E-state index < -0.39 is 0 Å². The molecule has 5 rings (SSSR count). The molecular formula is C36H42N8. The van der Waals surface area contributed by atoms with Crippen LogP contribution in [0.15, 0.2) is 122 Å². The zero-order chi connectivity index (χ0) is 30.1. The fraction of sp³-hybridized carbons (Fsp3) is 0.278. The summed E-state index contributed by atoms with van der Waals surface area (Å²) in [6, 6.07) is 33.2. The van der Waals surface area contributed by atoms with E-state index >= 15 is 0 Å². The van der Waals surface area contributed by atoms with E-state index in [1.165, 1.54) is 11.1 Å². The zero-order valence-corrected chi connectivity index (χ0v) is 25.3. The number of nitrogens with one attached hydrogen (secondary N) is 2. The summed E-state index contributed by atoms with van der Waals surface area (Å²) in [5.74, 6) is 0. The Morgan fingerprint density at radius 3 is 1.11 bits per heavy atom. The normalized spacial score (nSPS) is 11.3. The van der Waals surface area contributed by atoms with Crippen LogP contribution in [0.4, 0.5) is 0 Å². The number of rotatable bonds is 18. The standard InChI is InChI=1S/C36H42N8/c1-5-16-39-33(12-1)27-43(28-34-13-2-6-17-40-34)22-20-37-25-31-10-9-11-32(24-31)26-38-21-23-44(29-35-14-3-7-18-41-35)30-36-15-4-8-19-42-36/h1-19,24,37-38H,20-23,25-30H2. The van der Waals surface area contributed by atoms with Crippen LogP contribution in [-0.2, 0) is 39.3 Å². The lowest BCUT2D eigenvalue weighted by atomic mass is 10.1. The molecule has 4 aromatic heterocycles. The van der Waals surface area contributed by atoms with Crippen molar-refractivity contribution in [2.75, 3.05) is 26.2 Å². The number of pyridine rings is 4. The average molecular weight is 587 g/mol. The summed E-state index contributed by atoms with van der Waals surface area (Å²) in [6.07, 6.45) is 7.42. The van der Waals surface area contributed by atoms with Crippen molar-refractivity contribution in [2.45, 2.75) is 39.3 Å². The molecule has 5 aromatic rings. The molecule has 0 unspecified atom stereocenters. The van der Waals surface area contributed by atoms with E-state index in [9.17, 15) is 0 Å². The van der Waals surface area contributed by atoms with Gasteiger partial charge in [0.2, 0.25) is 0 Å². The molecule has 8 heteroatoms. The van der Waals surface area contributed by atoms with E-state index in [-0.39, 0.29) is 0 Å².